The van der Waals surface area contributed by atoms with Crippen molar-refractivity contribution in [2.45, 2.75) is 31.7 Å². The number of aliphatic hydroxyl groups excluding tert-OH is 1. The van der Waals surface area contributed by atoms with Gasteiger partial charge in [0, 0.05) is 12.6 Å². The number of nitrogens with zero attached hydrogens (tertiary/aromatic N) is 1. The largest absolute Gasteiger partial charge is 0.395 e. The number of piperidine rings is 1. The second kappa shape index (κ2) is 6.25. The van der Waals surface area contributed by atoms with Crippen LogP contribution >= 0.6 is 0 Å². The van der Waals surface area contributed by atoms with Crippen molar-refractivity contribution < 1.29 is 5.11 Å². The van der Waals surface area contributed by atoms with Crippen molar-refractivity contribution >= 4 is 0 Å². The molecule has 3 nitrogen and oxygen atoms in total. The molecular weight excluding hydrogens is 248 g/mol. The van der Waals surface area contributed by atoms with E-state index >= 15 is 0 Å². The Morgan fingerprint density at radius 1 is 1.15 bits per heavy atom. The molecule has 3 rings (SSSR count). The Kier molecular flexibility index (Phi) is 4.39. The molecule has 2 aliphatic rings. The lowest BCUT2D eigenvalue weighted by Crippen LogP contribution is -2.47. The highest BCUT2D eigenvalue weighted by Crippen LogP contribution is 2.42. The lowest BCUT2D eigenvalue weighted by molar-refractivity contribution is 0.0784. The van der Waals surface area contributed by atoms with Gasteiger partial charge in [0.15, 0.2) is 0 Å². The number of β-amino-alcohol motifs (C(OH)–C–C–N with tert-alkyl or cyclic N) is 1. The van der Waals surface area contributed by atoms with E-state index in [1.807, 2.05) is 0 Å². The van der Waals surface area contributed by atoms with Gasteiger partial charge in [-0.2, -0.15) is 0 Å². The minimum absolute atomic E-state index is 0.290. The Balaban J connectivity index is 1.64. The molecule has 2 N–H and O–H groups in total. The van der Waals surface area contributed by atoms with Gasteiger partial charge in [0.05, 0.1) is 6.61 Å². The van der Waals surface area contributed by atoms with E-state index in [1.165, 1.54) is 24.8 Å². The standard InChI is InChI=1S/C17H26N2O/c20-13-12-19-10-7-17(8-11-19)6-9-18-16(17)14-15-4-2-1-3-5-15/h1-5,16,18,20H,6-14H2. The predicted octanol–water partition coefficient (Wildman–Crippen LogP) is 1.67. The highest BCUT2D eigenvalue weighted by Gasteiger charge is 2.44. The van der Waals surface area contributed by atoms with Crippen LogP contribution in [0.25, 0.3) is 0 Å². The van der Waals surface area contributed by atoms with E-state index in [2.05, 4.69) is 40.5 Å². The first kappa shape index (κ1) is 14.1. The molecular formula is C17H26N2O. The molecule has 2 fully saturated rings. The second-order valence-electron chi connectivity index (χ2n) is 6.37. The third-order valence-corrected chi connectivity index (χ3v) is 5.30. The van der Waals surface area contributed by atoms with Gasteiger partial charge in [0.2, 0.25) is 0 Å². The first-order chi connectivity index (χ1) is 9.82. The molecule has 0 bridgehead atoms. The first-order valence-electron chi connectivity index (χ1n) is 7.93. The van der Waals surface area contributed by atoms with Gasteiger partial charge >= 0.3 is 0 Å². The van der Waals surface area contributed by atoms with Gasteiger partial charge in [-0.05, 0) is 56.3 Å². The molecule has 0 aliphatic carbocycles. The zero-order valence-corrected chi connectivity index (χ0v) is 12.2. The summed E-state index contributed by atoms with van der Waals surface area (Å²) in [4.78, 5) is 2.41. The van der Waals surface area contributed by atoms with Crippen molar-refractivity contribution in [2.24, 2.45) is 5.41 Å². The van der Waals surface area contributed by atoms with Gasteiger partial charge in [-0.3, -0.25) is 0 Å². The normalized spacial score (nSPS) is 26.1. The Labute approximate surface area is 122 Å². The SMILES string of the molecule is OCCN1CCC2(CCNC2Cc2ccccc2)CC1. The summed E-state index contributed by atoms with van der Waals surface area (Å²) < 4.78 is 0. The lowest BCUT2D eigenvalue weighted by Gasteiger charge is -2.43. The van der Waals surface area contributed by atoms with Crippen LogP contribution in [0, 0.1) is 5.41 Å². The predicted molar refractivity (Wildman–Crippen MR) is 81.7 cm³/mol. The number of benzene rings is 1. The Morgan fingerprint density at radius 3 is 2.60 bits per heavy atom. The molecule has 1 aromatic rings. The Morgan fingerprint density at radius 2 is 1.90 bits per heavy atom. The van der Waals surface area contributed by atoms with Crippen molar-refractivity contribution in [3.63, 3.8) is 0 Å². The summed E-state index contributed by atoms with van der Waals surface area (Å²) in [6, 6.07) is 11.5. The summed E-state index contributed by atoms with van der Waals surface area (Å²) >= 11 is 0. The molecule has 0 aromatic heterocycles. The Hall–Kier alpha value is -0.900. The molecule has 2 aliphatic heterocycles. The first-order valence-corrected chi connectivity index (χ1v) is 7.93. The molecule has 1 unspecified atom stereocenters. The van der Waals surface area contributed by atoms with Crippen LogP contribution in [-0.4, -0.2) is 48.8 Å². The van der Waals surface area contributed by atoms with E-state index in [0.29, 0.717) is 18.1 Å². The molecule has 0 amide bonds. The van der Waals surface area contributed by atoms with Crippen LogP contribution in [0.5, 0.6) is 0 Å². The fourth-order valence-electron chi connectivity index (χ4n) is 3.99. The minimum atomic E-state index is 0.290. The van der Waals surface area contributed by atoms with Gasteiger partial charge in [0.1, 0.15) is 0 Å². The van der Waals surface area contributed by atoms with Crippen molar-refractivity contribution in [2.75, 3.05) is 32.8 Å². The van der Waals surface area contributed by atoms with E-state index in [1.54, 1.807) is 0 Å². The fraction of sp³-hybridized carbons (Fsp3) is 0.647. The molecule has 1 atom stereocenters. The summed E-state index contributed by atoms with van der Waals surface area (Å²) in [5, 5.41) is 12.8. The minimum Gasteiger partial charge on any atom is -0.395 e. The molecule has 3 heteroatoms. The van der Waals surface area contributed by atoms with E-state index in [-0.39, 0.29) is 0 Å². The van der Waals surface area contributed by atoms with Crippen LogP contribution in [0.4, 0.5) is 0 Å². The summed E-state index contributed by atoms with van der Waals surface area (Å²) in [6.45, 7) is 4.59. The van der Waals surface area contributed by atoms with Crippen molar-refractivity contribution in [1.29, 1.82) is 0 Å². The topological polar surface area (TPSA) is 35.5 Å². The smallest absolute Gasteiger partial charge is 0.0558 e. The Bertz CT molecular complexity index is 412. The van der Waals surface area contributed by atoms with Gasteiger partial charge in [-0.1, -0.05) is 30.3 Å². The maximum atomic E-state index is 9.07. The zero-order chi connectivity index (χ0) is 13.8. The average Bonchev–Trinajstić information content (AvgIpc) is 2.86. The van der Waals surface area contributed by atoms with Crippen LogP contribution < -0.4 is 5.32 Å². The van der Waals surface area contributed by atoms with E-state index in [4.69, 9.17) is 5.11 Å². The molecule has 110 valence electrons. The van der Waals surface area contributed by atoms with Crippen molar-refractivity contribution in [3.05, 3.63) is 35.9 Å². The molecule has 20 heavy (non-hydrogen) atoms. The van der Waals surface area contributed by atoms with Crippen molar-refractivity contribution in [1.82, 2.24) is 10.2 Å². The molecule has 0 radical (unpaired) electrons. The van der Waals surface area contributed by atoms with Gasteiger partial charge in [-0.15, -0.1) is 0 Å². The molecule has 1 aromatic carbocycles. The average molecular weight is 274 g/mol. The number of rotatable bonds is 4. The molecule has 0 saturated carbocycles. The molecule has 2 saturated heterocycles. The van der Waals surface area contributed by atoms with Crippen LogP contribution in [-0.2, 0) is 6.42 Å². The quantitative estimate of drug-likeness (QED) is 0.876. The third kappa shape index (κ3) is 2.90. The number of likely N-dealkylation sites (tertiary alicyclic amines) is 1. The third-order valence-electron chi connectivity index (χ3n) is 5.30. The number of hydrogen-bond donors (Lipinski definition) is 2. The van der Waals surface area contributed by atoms with E-state index in [0.717, 1.165) is 32.6 Å². The summed E-state index contributed by atoms with van der Waals surface area (Å²) in [6.07, 6.45) is 5.02. The monoisotopic (exact) mass is 274 g/mol. The van der Waals surface area contributed by atoms with Crippen LogP contribution in [0.15, 0.2) is 30.3 Å². The molecule has 1 spiro atoms. The summed E-state index contributed by atoms with van der Waals surface area (Å²) in [7, 11) is 0. The number of nitrogens with one attached hydrogen (secondary N) is 1. The molecule has 2 heterocycles. The lowest BCUT2D eigenvalue weighted by atomic mass is 9.71. The summed E-state index contributed by atoms with van der Waals surface area (Å²) in [5.41, 5.74) is 1.94. The maximum absolute atomic E-state index is 9.07. The highest BCUT2D eigenvalue weighted by atomic mass is 16.3. The van der Waals surface area contributed by atoms with E-state index < -0.39 is 0 Å². The number of aliphatic hydroxyl groups is 1. The maximum Gasteiger partial charge on any atom is 0.0558 e. The van der Waals surface area contributed by atoms with Crippen molar-refractivity contribution in [3.8, 4) is 0 Å². The highest BCUT2D eigenvalue weighted by molar-refractivity contribution is 5.18. The van der Waals surface area contributed by atoms with Gasteiger partial charge in [-0.25, -0.2) is 0 Å². The summed E-state index contributed by atoms with van der Waals surface area (Å²) in [5.74, 6) is 0. The van der Waals surface area contributed by atoms with Crippen LogP contribution in [0.2, 0.25) is 0 Å². The van der Waals surface area contributed by atoms with E-state index in [9.17, 15) is 0 Å². The second-order valence-corrected chi connectivity index (χ2v) is 6.37. The number of hydrogen-bond acceptors (Lipinski definition) is 3. The van der Waals surface area contributed by atoms with Gasteiger partial charge < -0.3 is 15.3 Å². The fourth-order valence-corrected chi connectivity index (χ4v) is 3.99. The van der Waals surface area contributed by atoms with Gasteiger partial charge in [0.25, 0.3) is 0 Å². The van der Waals surface area contributed by atoms with Crippen LogP contribution in [0.1, 0.15) is 24.8 Å². The zero-order valence-electron chi connectivity index (χ0n) is 12.2. The van der Waals surface area contributed by atoms with Crippen LogP contribution in [0.3, 0.4) is 0 Å².